The minimum absolute atomic E-state index is 0.0204. The predicted molar refractivity (Wildman–Crippen MR) is 87.0 cm³/mol. The highest BCUT2D eigenvalue weighted by Gasteiger charge is 2.29. The summed E-state index contributed by atoms with van der Waals surface area (Å²) < 4.78 is 33.6. The number of nitrogens with one attached hydrogen (secondary N) is 1. The molecule has 4 nitrogen and oxygen atoms in total. The van der Waals surface area contributed by atoms with E-state index in [4.69, 9.17) is 4.74 Å². The fraction of sp³-hybridized carbons (Fsp3) is 0.600. The molecule has 3 unspecified atom stereocenters. The standard InChI is InChI=1S/C15H22BrNO3S/c1-10-4-6-14(11(2)8-10)17-21(18,19)12-5-7-15(20-3)13(16)9-12/h5,7,9-11,14,17H,4,6,8H2,1-3H3. The number of halogens is 1. The Morgan fingerprint density at radius 1 is 1.29 bits per heavy atom. The molecule has 0 aromatic heterocycles. The van der Waals surface area contributed by atoms with E-state index in [2.05, 4.69) is 34.5 Å². The molecule has 0 amide bonds. The molecule has 1 fully saturated rings. The number of rotatable bonds is 4. The summed E-state index contributed by atoms with van der Waals surface area (Å²) in [5.74, 6) is 1.66. The topological polar surface area (TPSA) is 55.4 Å². The van der Waals surface area contributed by atoms with E-state index < -0.39 is 10.0 Å². The van der Waals surface area contributed by atoms with Crippen molar-refractivity contribution in [1.29, 1.82) is 0 Å². The molecule has 0 radical (unpaired) electrons. The van der Waals surface area contributed by atoms with Crippen LogP contribution in [0.5, 0.6) is 5.75 Å². The molecule has 0 spiro atoms. The first kappa shape index (κ1) is 16.8. The fourth-order valence-electron chi connectivity index (χ4n) is 2.92. The molecule has 1 aliphatic rings. The first-order chi connectivity index (χ1) is 9.83. The van der Waals surface area contributed by atoms with E-state index >= 15 is 0 Å². The first-order valence-electron chi connectivity index (χ1n) is 7.19. The zero-order chi connectivity index (χ0) is 15.6. The Kier molecular flexibility index (Phi) is 5.33. The monoisotopic (exact) mass is 375 g/mol. The Balaban J connectivity index is 2.17. The molecule has 118 valence electrons. The van der Waals surface area contributed by atoms with Crippen LogP contribution in [0, 0.1) is 11.8 Å². The molecule has 3 atom stereocenters. The van der Waals surface area contributed by atoms with E-state index in [9.17, 15) is 8.42 Å². The average molecular weight is 376 g/mol. The zero-order valence-electron chi connectivity index (χ0n) is 12.6. The largest absolute Gasteiger partial charge is 0.496 e. The Bertz CT molecular complexity index is 603. The summed E-state index contributed by atoms with van der Waals surface area (Å²) in [6.45, 7) is 4.34. The van der Waals surface area contributed by atoms with Crippen LogP contribution in [0.15, 0.2) is 27.6 Å². The third-order valence-electron chi connectivity index (χ3n) is 4.17. The second kappa shape index (κ2) is 6.67. The molecule has 0 bridgehead atoms. The smallest absolute Gasteiger partial charge is 0.240 e. The summed E-state index contributed by atoms with van der Waals surface area (Å²) in [6, 6.07) is 4.83. The number of hydrogen-bond donors (Lipinski definition) is 1. The Morgan fingerprint density at radius 3 is 2.57 bits per heavy atom. The Morgan fingerprint density at radius 2 is 2.00 bits per heavy atom. The van der Waals surface area contributed by atoms with E-state index in [1.807, 2.05) is 0 Å². The van der Waals surface area contributed by atoms with Gasteiger partial charge in [0.05, 0.1) is 16.5 Å². The van der Waals surface area contributed by atoms with Gasteiger partial charge < -0.3 is 4.74 Å². The zero-order valence-corrected chi connectivity index (χ0v) is 15.0. The SMILES string of the molecule is COc1ccc(S(=O)(=O)NC2CCC(C)CC2C)cc1Br. The van der Waals surface area contributed by atoms with Gasteiger partial charge >= 0.3 is 0 Å². The highest BCUT2D eigenvalue weighted by atomic mass is 79.9. The molecule has 1 N–H and O–H groups in total. The number of sulfonamides is 1. The lowest BCUT2D eigenvalue weighted by atomic mass is 9.80. The van der Waals surface area contributed by atoms with Crippen LogP contribution in [-0.2, 0) is 10.0 Å². The van der Waals surface area contributed by atoms with Gasteiger partial charge in [0.1, 0.15) is 5.75 Å². The van der Waals surface area contributed by atoms with E-state index in [1.54, 1.807) is 25.3 Å². The van der Waals surface area contributed by atoms with Gasteiger partial charge in [-0.1, -0.05) is 13.8 Å². The minimum Gasteiger partial charge on any atom is -0.496 e. The molecule has 1 aromatic rings. The van der Waals surface area contributed by atoms with E-state index in [-0.39, 0.29) is 10.9 Å². The van der Waals surface area contributed by atoms with Gasteiger partial charge in [-0.15, -0.1) is 0 Å². The maximum Gasteiger partial charge on any atom is 0.240 e. The minimum atomic E-state index is -3.49. The number of ether oxygens (including phenoxy) is 1. The van der Waals surface area contributed by atoms with Crippen LogP contribution < -0.4 is 9.46 Å². The molecule has 21 heavy (non-hydrogen) atoms. The maximum absolute atomic E-state index is 12.5. The van der Waals surface area contributed by atoms with Crippen LogP contribution in [0.4, 0.5) is 0 Å². The molecule has 1 aromatic carbocycles. The van der Waals surface area contributed by atoms with Crippen LogP contribution >= 0.6 is 15.9 Å². The molecule has 0 saturated heterocycles. The van der Waals surface area contributed by atoms with Crippen molar-refractivity contribution in [1.82, 2.24) is 4.72 Å². The van der Waals surface area contributed by atoms with Gasteiger partial charge in [0.2, 0.25) is 10.0 Å². The second-order valence-corrected chi connectivity index (χ2v) is 8.49. The van der Waals surface area contributed by atoms with Crippen molar-refractivity contribution >= 4 is 26.0 Å². The van der Waals surface area contributed by atoms with Gasteiger partial charge in [0, 0.05) is 6.04 Å². The summed E-state index contributed by atoms with van der Waals surface area (Å²) in [6.07, 6.45) is 3.04. The molecular formula is C15H22BrNO3S. The first-order valence-corrected chi connectivity index (χ1v) is 9.47. The summed E-state index contributed by atoms with van der Waals surface area (Å²) >= 11 is 3.33. The molecule has 0 heterocycles. The maximum atomic E-state index is 12.5. The lowest BCUT2D eigenvalue weighted by Crippen LogP contribution is -2.42. The van der Waals surface area contributed by atoms with Gasteiger partial charge in [-0.3, -0.25) is 0 Å². The summed E-state index contributed by atoms with van der Waals surface area (Å²) in [5.41, 5.74) is 0. The van der Waals surface area contributed by atoms with Crippen LogP contribution in [0.2, 0.25) is 0 Å². The molecule has 1 aliphatic carbocycles. The average Bonchev–Trinajstić information content (AvgIpc) is 2.42. The summed E-state index contributed by atoms with van der Waals surface area (Å²) in [7, 11) is -1.94. The van der Waals surface area contributed by atoms with Crippen molar-refractivity contribution in [2.45, 2.75) is 44.0 Å². The lowest BCUT2D eigenvalue weighted by molar-refractivity contribution is 0.249. The van der Waals surface area contributed by atoms with Crippen LogP contribution in [0.1, 0.15) is 33.1 Å². The van der Waals surface area contributed by atoms with Crippen molar-refractivity contribution in [2.75, 3.05) is 7.11 Å². The van der Waals surface area contributed by atoms with Gasteiger partial charge in [0.25, 0.3) is 0 Å². The molecule has 6 heteroatoms. The van der Waals surface area contributed by atoms with Crippen molar-refractivity contribution in [3.05, 3.63) is 22.7 Å². The van der Waals surface area contributed by atoms with E-state index in [0.717, 1.165) is 19.3 Å². The highest BCUT2D eigenvalue weighted by molar-refractivity contribution is 9.10. The summed E-state index contributed by atoms with van der Waals surface area (Å²) in [4.78, 5) is 0.265. The van der Waals surface area contributed by atoms with Crippen molar-refractivity contribution < 1.29 is 13.2 Å². The third-order valence-corrected chi connectivity index (χ3v) is 6.28. The predicted octanol–water partition coefficient (Wildman–Crippen LogP) is 3.56. The number of benzene rings is 1. The molecule has 0 aliphatic heterocycles. The molecular weight excluding hydrogens is 354 g/mol. The lowest BCUT2D eigenvalue weighted by Gasteiger charge is -2.32. The normalized spacial score (nSPS) is 26.6. The Labute approximate surface area is 135 Å². The fourth-order valence-corrected chi connectivity index (χ4v) is 5.02. The molecule has 2 rings (SSSR count). The van der Waals surface area contributed by atoms with Crippen molar-refractivity contribution in [3.8, 4) is 5.75 Å². The molecule has 1 saturated carbocycles. The number of methoxy groups -OCH3 is 1. The van der Waals surface area contributed by atoms with Crippen molar-refractivity contribution in [2.24, 2.45) is 11.8 Å². The van der Waals surface area contributed by atoms with Gasteiger partial charge in [-0.2, -0.15) is 0 Å². The van der Waals surface area contributed by atoms with Gasteiger partial charge in [0.15, 0.2) is 0 Å². The quantitative estimate of drug-likeness (QED) is 0.874. The van der Waals surface area contributed by atoms with E-state index in [0.29, 0.717) is 22.1 Å². The summed E-state index contributed by atoms with van der Waals surface area (Å²) in [5, 5.41) is 0. The van der Waals surface area contributed by atoms with Crippen LogP contribution in [0.25, 0.3) is 0 Å². The Hall–Kier alpha value is -0.590. The van der Waals surface area contributed by atoms with Gasteiger partial charge in [-0.05, 0) is 65.2 Å². The second-order valence-electron chi connectivity index (χ2n) is 5.92. The van der Waals surface area contributed by atoms with Gasteiger partial charge in [-0.25, -0.2) is 13.1 Å². The van der Waals surface area contributed by atoms with Crippen LogP contribution in [-0.4, -0.2) is 21.6 Å². The third kappa shape index (κ3) is 3.99. The number of hydrogen-bond acceptors (Lipinski definition) is 3. The highest BCUT2D eigenvalue weighted by Crippen LogP contribution is 2.31. The van der Waals surface area contributed by atoms with Crippen LogP contribution in [0.3, 0.4) is 0 Å². The van der Waals surface area contributed by atoms with Crippen molar-refractivity contribution in [3.63, 3.8) is 0 Å². The van der Waals surface area contributed by atoms with E-state index in [1.165, 1.54) is 0 Å².